The van der Waals surface area contributed by atoms with Gasteiger partial charge in [-0.2, -0.15) is 0 Å². The second-order valence-electron chi connectivity index (χ2n) is 23.0. The standard InChI is InChI=1S/C66H131NO4/c1-3-5-7-9-11-13-15-17-19-21-23-25-27-28-29-30-31-32-33-34-35-36-37-38-39-41-43-45-47-49-51-53-55-57-59-61-65(70)67-63(62-68)66(71)64(69)60-58-56-54-52-50-48-46-44-42-40-26-24-22-20-18-16-14-12-10-8-6-4-2/h52,54,63-64,66,68-69,71H,3-51,53,55-62H2,1-2H3,(H,67,70)/b54-52+. The first-order valence-corrected chi connectivity index (χ1v) is 33.0. The van der Waals surface area contributed by atoms with E-state index in [0.717, 1.165) is 38.5 Å². The lowest BCUT2D eigenvalue weighted by molar-refractivity contribution is -0.124. The van der Waals surface area contributed by atoms with Gasteiger partial charge in [0.1, 0.15) is 6.10 Å². The van der Waals surface area contributed by atoms with Crippen LogP contribution in [-0.2, 0) is 4.79 Å². The first-order valence-electron chi connectivity index (χ1n) is 33.0. The number of hydrogen-bond donors (Lipinski definition) is 4. The quantitative estimate of drug-likeness (QED) is 0.0361. The number of carbonyl (C=O) groups is 1. The van der Waals surface area contributed by atoms with Crippen LogP contribution in [-0.4, -0.2) is 46.1 Å². The Labute approximate surface area is 446 Å². The monoisotopic (exact) mass is 1000 g/mol. The van der Waals surface area contributed by atoms with Gasteiger partial charge in [0.2, 0.25) is 5.91 Å². The molecule has 4 N–H and O–H groups in total. The summed E-state index contributed by atoms with van der Waals surface area (Å²) in [6.07, 6.45) is 78.5. The molecule has 0 heterocycles. The van der Waals surface area contributed by atoms with Crippen LogP contribution in [0, 0.1) is 0 Å². The fraction of sp³-hybridized carbons (Fsp3) is 0.955. The predicted molar refractivity (Wildman–Crippen MR) is 315 cm³/mol. The van der Waals surface area contributed by atoms with Gasteiger partial charge in [-0.3, -0.25) is 4.79 Å². The maximum atomic E-state index is 12.6. The van der Waals surface area contributed by atoms with Crippen molar-refractivity contribution in [1.29, 1.82) is 0 Å². The number of nitrogens with one attached hydrogen (secondary N) is 1. The molecule has 3 unspecified atom stereocenters. The number of unbranched alkanes of at least 4 members (excludes halogenated alkanes) is 52. The summed E-state index contributed by atoms with van der Waals surface area (Å²) < 4.78 is 0. The maximum Gasteiger partial charge on any atom is 0.220 e. The van der Waals surface area contributed by atoms with E-state index >= 15 is 0 Å². The number of aliphatic hydroxyl groups excluding tert-OH is 3. The van der Waals surface area contributed by atoms with Gasteiger partial charge in [-0.1, -0.05) is 347 Å². The fourth-order valence-corrected chi connectivity index (χ4v) is 10.8. The summed E-state index contributed by atoms with van der Waals surface area (Å²) in [6, 6.07) is -0.823. The molecule has 0 rings (SSSR count). The van der Waals surface area contributed by atoms with E-state index in [1.54, 1.807) is 0 Å². The molecule has 5 nitrogen and oxygen atoms in total. The van der Waals surface area contributed by atoms with Gasteiger partial charge in [0.15, 0.2) is 0 Å². The van der Waals surface area contributed by atoms with Crippen LogP contribution in [0.3, 0.4) is 0 Å². The normalized spacial score (nSPS) is 13.1. The highest BCUT2D eigenvalue weighted by atomic mass is 16.3. The summed E-state index contributed by atoms with van der Waals surface area (Å²) in [5.74, 6) is -0.145. The van der Waals surface area contributed by atoms with Crippen LogP contribution in [0.1, 0.15) is 380 Å². The summed E-state index contributed by atoms with van der Waals surface area (Å²) >= 11 is 0. The smallest absolute Gasteiger partial charge is 0.220 e. The van der Waals surface area contributed by atoms with Gasteiger partial charge in [-0.25, -0.2) is 0 Å². The summed E-state index contributed by atoms with van der Waals surface area (Å²) in [4.78, 5) is 12.6. The van der Waals surface area contributed by atoms with Crippen molar-refractivity contribution in [1.82, 2.24) is 5.32 Å². The Morgan fingerprint density at radius 1 is 0.338 bits per heavy atom. The van der Waals surface area contributed by atoms with Crippen molar-refractivity contribution in [2.24, 2.45) is 0 Å². The molecule has 0 saturated carbocycles. The average molecular weight is 1000 g/mol. The minimum atomic E-state index is -1.16. The van der Waals surface area contributed by atoms with Gasteiger partial charge < -0.3 is 20.6 Å². The summed E-state index contributed by atoms with van der Waals surface area (Å²) in [6.45, 7) is 4.22. The molecule has 424 valence electrons. The molecular weight excluding hydrogens is 871 g/mol. The molecule has 0 aromatic heterocycles. The largest absolute Gasteiger partial charge is 0.394 e. The van der Waals surface area contributed by atoms with Crippen LogP contribution in [0.25, 0.3) is 0 Å². The van der Waals surface area contributed by atoms with E-state index in [4.69, 9.17) is 0 Å². The Kier molecular flexibility index (Phi) is 60.8. The Morgan fingerprint density at radius 3 is 0.817 bits per heavy atom. The second kappa shape index (κ2) is 61.6. The Balaban J connectivity index is 3.45. The highest BCUT2D eigenvalue weighted by molar-refractivity contribution is 5.76. The lowest BCUT2D eigenvalue weighted by Crippen LogP contribution is -2.50. The molecule has 0 spiro atoms. The van der Waals surface area contributed by atoms with E-state index in [1.807, 2.05) is 0 Å². The zero-order chi connectivity index (χ0) is 51.4. The van der Waals surface area contributed by atoms with E-state index in [1.165, 1.54) is 315 Å². The number of hydrogen-bond acceptors (Lipinski definition) is 4. The maximum absolute atomic E-state index is 12.6. The molecule has 5 heteroatoms. The minimum absolute atomic E-state index is 0.145. The first-order chi connectivity index (χ1) is 35.1. The van der Waals surface area contributed by atoms with Crippen LogP contribution >= 0.6 is 0 Å². The van der Waals surface area contributed by atoms with Crippen LogP contribution in [0.15, 0.2) is 12.2 Å². The number of allylic oxidation sites excluding steroid dienone is 2. The summed E-state index contributed by atoms with van der Waals surface area (Å²) in [5, 5.41) is 33.8. The Bertz CT molecular complexity index is 1020. The second-order valence-corrected chi connectivity index (χ2v) is 23.0. The van der Waals surface area contributed by atoms with Gasteiger partial charge in [0, 0.05) is 6.42 Å². The first kappa shape index (κ1) is 70.1. The number of amides is 1. The van der Waals surface area contributed by atoms with Crippen LogP contribution in [0.2, 0.25) is 0 Å². The summed E-state index contributed by atoms with van der Waals surface area (Å²) in [5.41, 5.74) is 0. The fourth-order valence-electron chi connectivity index (χ4n) is 10.8. The van der Waals surface area contributed by atoms with Crippen LogP contribution in [0.5, 0.6) is 0 Å². The molecule has 0 fully saturated rings. The van der Waals surface area contributed by atoms with Crippen molar-refractivity contribution in [2.45, 2.75) is 398 Å². The molecule has 0 aromatic rings. The third-order valence-corrected chi connectivity index (χ3v) is 15.9. The van der Waals surface area contributed by atoms with E-state index in [2.05, 4.69) is 31.3 Å². The van der Waals surface area contributed by atoms with E-state index < -0.39 is 18.2 Å². The highest BCUT2D eigenvalue weighted by Gasteiger charge is 2.26. The Morgan fingerprint density at radius 2 is 0.563 bits per heavy atom. The lowest BCUT2D eigenvalue weighted by Gasteiger charge is -2.26. The average Bonchev–Trinajstić information content (AvgIpc) is 3.37. The highest BCUT2D eigenvalue weighted by Crippen LogP contribution is 2.19. The summed E-state index contributed by atoms with van der Waals surface area (Å²) in [7, 11) is 0. The Hall–Kier alpha value is -0.910. The van der Waals surface area contributed by atoms with Gasteiger partial charge in [-0.05, 0) is 38.5 Å². The molecule has 0 radical (unpaired) electrons. The van der Waals surface area contributed by atoms with E-state index in [-0.39, 0.29) is 12.5 Å². The topological polar surface area (TPSA) is 89.8 Å². The molecular formula is C66H131NO4. The van der Waals surface area contributed by atoms with Gasteiger partial charge in [-0.15, -0.1) is 0 Å². The van der Waals surface area contributed by atoms with Crippen LogP contribution < -0.4 is 5.32 Å². The molecule has 71 heavy (non-hydrogen) atoms. The molecule has 0 bridgehead atoms. The molecule has 1 amide bonds. The van der Waals surface area contributed by atoms with Crippen LogP contribution in [0.4, 0.5) is 0 Å². The molecule has 0 aliphatic rings. The molecule has 3 atom stereocenters. The van der Waals surface area contributed by atoms with Crippen molar-refractivity contribution in [2.75, 3.05) is 6.61 Å². The third kappa shape index (κ3) is 56.7. The molecule has 0 aromatic carbocycles. The SMILES string of the molecule is CCCCCCCCCCCCCCCCCCC/C=C/CCCC(O)C(O)C(CO)NC(=O)CCCCCCCCCCCCCCCCCCCCCCCCCCCCCCCCCCCCC. The van der Waals surface area contributed by atoms with Crippen molar-refractivity contribution in [3.63, 3.8) is 0 Å². The van der Waals surface area contributed by atoms with E-state index in [9.17, 15) is 20.1 Å². The number of rotatable bonds is 62. The zero-order valence-electron chi connectivity index (χ0n) is 48.6. The van der Waals surface area contributed by atoms with E-state index in [0.29, 0.717) is 12.8 Å². The van der Waals surface area contributed by atoms with Crippen molar-refractivity contribution < 1.29 is 20.1 Å². The van der Waals surface area contributed by atoms with Crippen molar-refractivity contribution >= 4 is 5.91 Å². The number of aliphatic hydroxyl groups is 3. The molecule has 0 aliphatic heterocycles. The zero-order valence-corrected chi connectivity index (χ0v) is 48.6. The van der Waals surface area contributed by atoms with Gasteiger partial charge in [0.25, 0.3) is 0 Å². The van der Waals surface area contributed by atoms with Gasteiger partial charge in [0.05, 0.1) is 18.8 Å². The van der Waals surface area contributed by atoms with Gasteiger partial charge >= 0.3 is 0 Å². The third-order valence-electron chi connectivity index (χ3n) is 15.9. The number of carbonyl (C=O) groups excluding carboxylic acids is 1. The lowest BCUT2D eigenvalue weighted by atomic mass is 10.0. The molecule has 0 aliphatic carbocycles. The van der Waals surface area contributed by atoms with Crippen molar-refractivity contribution in [3.8, 4) is 0 Å². The van der Waals surface area contributed by atoms with Crippen molar-refractivity contribution in [3.05, 3.63) is 12.2 Å². The molecule has 0 saturated heterocycles. The predicted octanol–water partition coefficient (Wildman–Crippen LogP) is 21.0. The minimum Gasteiger partial charge on any atom is -0.394 e.